The number of hydrogen-bond acceptors (Lipinski definition) is 3. The van der Waals surface area contributed by atoms with Crippen LogP contribution in [-0.4, -0.2) is 47.8 Å². The van der Waals surface area contributed by atoms with Crippen molar-refractivity contribution < 1.29 is 9.53 Å². The lowest BCUT2D eigenvalue weighted by Gasteiger charge is -2.33. The van der Waals surface area contributed by atoms with Crippen LogP contribution < -0.4 is 0 Å². The number of aromatic nitrogens is 2. The minimum absolute atomic E-state index is 0.123. The summed E-state index contributed by atoms with van der Waals surface area (Å²) in [5, 5.41) is 6.78. The molecular weight excluding hydrogens is 290 g/mol. The lowest BCUT2D eigenvalue weighted by atomic mass is 9.94. The monoisotopic (exact) mass is 313 g/mol. The Morgan fingerprint density at radius 2 is 2.35 bits per heavy atom. The molecule has 1 saturated heterocycles. The van der Waals surface area contributed by atoms with Gasteiger partial charge in [0.1, 0.15) is 0 Å². The van der Waals surface area contributed by atoms with Gasteiger partial charge in [0.25, 0.3) is 5.91 Å². The van der Waals surface area contributed by atoms with Crippen LogP contribution in [0.3, 0.4) is 0 Å². The SMILES string of the molecule is COCCC1CCCN(C(=O)c2cccc(-c3cn[nH]c3)c2)C1. The summed E-state index contributed by atoms with van der Waals surface area (Å²) < 4.78 is 5.17. The molecule has 1 fully saturated rings. The van der Waals surface area contributed by atoms with Gasteiger partial charge < -0.3 is 9.64 Å². The number of rotatable bonds is 5. The molecular formula is C18H23N3O2. The van der Waals surface area contributed by atoms with Crippen LogP contribution in [0.5, 0.6) is 0 Å². The van der Waals surface area contributed by atoms with E-state index in [1.807, 2.05) is 35.4 Å². The lowest BCUT2D eigenvalue weighted by molar-refractivity contribution is 0.0642. The quantitative estimate of drug-likeness (QED) is 0.923. The number of ether oxygens (including phenoxy) is 1. The highest BCUT2D eigenvalue weighted by Gasteiger charge is 2.24. The third-order valence-electron chi connectivity index (χ3n) is 4.48. The maximum absolute atomic E-state index is 12.8. The van der Waals surface area contributed by atoms with Gasteiger partial charge in [-0.2, -0.15) is 5.10 Å². The summed E-state index contributed by atoms with van der Waals surface area (Å²) >= 11 is 0. The van der Waals surface area contributed by atoms with Crippen molar-refractivity contribution in [2.75, 3.05) is 26.8 Å². The van der Waals surface area contributed by atoms with E-state index in [-0.39, 0.29) is 5.91 Å². The van der Waals surface area contributed by atoms with Crippen molar-refractivity contribution >= 4 is 5.91 Å². The Bertz CT molecular complexity index is 639. The first-order valence-electron chi connectivity index (χ1n) is 8.15. The van der Waals surface area contributed by atoms with Crippen LogP contribution in [0.25, 0.3) is 11.1 Å². The zero-order valence-electron chi connectivity index (χ0n) is 13.5. The number of carbonyl (C=O) groups is 1. The summed E-state index contributed by atoms with van der Waals surface area (Å²) in [7, 11) is 1.73. The Morgan fingerprint density at radius 1 is 1.43 bits per heavy atom. The van der Waals surface area contributed by atoms with Crippen molar-refractivity contribution in [3.05, 3.63) is 42.2 Å². The van der Waals surface area contributed by atoms with Crippen LogP contribution in [0, 0.1) is 5.92 Å². The molecule has 1 aromatic carbocycles. The topological polar surface area (TPSA) is 58.2 Å². The number of likely N-dealkylation sites (tertiary alicyclic amines) is 1. The summed E-state index contributed by atoms with van der Waals surface area (Å²) in [5.41, 5.74) is 2.75. The van der Waals surface area contributed by atoms with Crippen LogP contribution >= 0.6 is 0 Å². The molecule has 2 aromatic rings. The molecule has 2 heterocycles. The number of benzene rings is 1. The predicted octanol–water partition coefficient (Wildman–Crippen LogP) is 2.97. The second-order valence-electron chi connectivity index (χ2n) is 6.11. The van der Waals surface area contributed by atoms with Crippen molar-refractivity contribution in [3.63, 3.8) is 0 Å². The van der Waals surface area contributed by atoms with E-state index in [0.717, 1.165) is 49.2 Å². The first kappa shape index (κ1) is 15.7. The van der Waals surface area contributed by atoms with E-state index in [4.69, 9.17) is 4.74 Å². The first-order chi connectivity index (χ1) is 11.3. The molecule has 1 unspecified atom stereocenters. The summed E-state index contributed by atoms with van der Waals surface area (Å²) in [6, 6.07) is 7.78. The second-order valence-corrected chi connectivity index (χ2v) is 6.11. The summed E-state index contributed by atoms with van der Waals surface area (Å²) in [6.07, 6.45) is 6.88. The molecule has 1 aliphatic rings. The van der Waals surface area contributed by atoms with E-state index in [1.54, 1.807) is 13.3 Å². The van der Waals surface area contributed by atoms with Crippen LogP contribution in [-0.2, 0) is 4.74 Å². The smallest absolute Gasteiger partial charge is 0.253 e. The van der Waals surface area contributed by atoms with Gasteiger partial charge in [-0.25, -0.2) is 0 Å². The summed E-state index contributed by atoms with van der Waals surface area (Å²) in [6.45, 7) is 2.44. The van der Waals surface area contributed by atoms with E-state index in [9.17, 15) is 4.79 Å². The third-order valence-corrected chi connectivity index (χ3v) is 4.48. The molecule has 122 valence electrons. The van der Waals surface area contributed by atoms with Gasteiger partial charge in [-0.1, -0.05) is 12.1 Å². The van der Waals surface area contributed by atoms with Crippen LogP contribution in [0.2, 0.25) is 0 Å². The molecule has 1 aliphatic heterocycles. The standard InChI is InChI=1S/C18H23N3O2/c1-23-9-7-14-4-3-8-21(13-14)18(22)16-6-2-5-15(10-16)17-11-19-20-12-17/h2,5-6,10-12,14H,3-4,7-9,13H2,1H3,(H,19,20). The molecule has 0 bridgehead atoms. The molecule has 5 nitrogen and oxygen atoms in total. The average molecular weight is 313 g/mol. The number of H-pyrrole nitrogens is 1. The number of hydrogen-bond donors (Lipinski definition) is 1. The number of methoxy groups -OCH3 is 1. The second kappa shape index (κ2) is 7.42. The zero-order valence-corrected chi connectivity index (χ0v) is 13.5. The molecule has 1 amide bonds. The van der Waals surface area contributed by atoms with Crippen molar-refractivity contribution in [2.45, 2.75) is 19.3 Å². The molecule has 0 spiro atoms. The molecule has 5 heteroatoms. The molecule has 0 radical (unpaired) electrons. The first-order valence-corrected chi connectivity index (χ1v) is 8.15. The van der Waals surface area contributed by atoms with Gasteiger partial charge in [-0.05, 0) is 42.9 Å². The number of nitrogens with zero attached hydrogens (tertiary/aromatic N) is 2. The Morgan fingerprint density at radius 3 is 3.13 bits per heavy atom. The predicted molar refractivity (Wildman–Crippen MR) is 89.1 cm³/mol. The van der Waals surface area contributed by atoms with Gasteiger partial charge in [-0.15, -0.1) is 0 Å². The van der Waals surface area contributed by atoms with Gasteiger partial charge in [0, 0.05) is 44.1 Å². The number of aromatic amines is 1. The highest BCUT2D eigenvalue weighted by atomic mass is 16.5. The van der Waals surface area contributed by atoms with Gasteiger partial charge in [0.15, 0.2) is 0 Å². The van der Waals surface area contributed by atoms with E-state index in [0.29, 0.717) is 5.92 Å². The van der Waals surface area contributed by atoms with Crippen LogP contribution in [0.1, 0.15) is 29.6 Å². The number of carbonyl (C=O) groups excluding carboxylic acids is 1. The minimum Gasteiger partial charge on any atom is -0.385 e. The maximum Gasteiger partial charge on any atom is 0.253 e. The number of nitrogens with one attached hydrogen (secondary N) is 1. The Labute approximate surface area is 136 Å². The Balaban J connectivity index is 1.71. The van der Waals surface area contributed by atoms with Crippen molar-refractivity contribution in [3.8, 4) is 11.1 Å². The summed E-state index contributed by atoms with van der Waals surface area (Å²) in [4.78, 5) is 14.8. The van der Waals surface area contributed by atoms with E-state index in [1.165, 1.54) is 6.42 Å². The fourth-order valence-electron chi connectivity index (χ4n) is 3.19. The van der Waals surface area contributed by atoms with Crippen molar-refractivity contribution in [1.82, 2.24) is 15.1 Å². The molecule has 23 heavy (non-hydrogen) atoms. The number of piperidine rings is 1. The van der Waals surface area contributed by atoms with Gasteiger partial charge in [0.2, 0.25) is 0 Å². The normalized spacial score (nSPS) is 18.1. The van der Waals surface area contributed by atoms with E-state index < -0.39 is 0 Å². The fraction of sp³-hybridized carbons (Fsp3) is 0.444. The molecule has 1 N–H and O–H groups in total. The molecule has 0 aliphatic carbocycles. The van der Waals surface area contributed by atoms with E-state index >= 15 is 0 Å². The van der Waals surface area contributed by atoms with Gasteiger partial charge in [-0.3, -0.25) is 9.89 Å². The van der Waals surface area contributed by atoms with Gasteiger partial charge >= 0.3 is 0 Å². The minimum atomic E-state index is 0.123. The average Bonchev–Trinajstić information content (AvgIpc) is 3.14. The fourth-order valence-corrected chi connectivity index (χ4v) is 3.19. The summed E-state index contributed by atoms with van der Waals surface area (Å²) in [5.74, 6) is 0.669. The molecule has 1 atom stereocenters. The number of amides is 1. The third kappa shape index (κ3) is 3.79. The highest BCUT2D eigenvalue weighted by molar-refractivity contribution is 5.95. The van der Waals surface area contributed by atoms with Crippen LogP contribution in [0.15, 0.2) is 36.7 Å². The van der Waals surface area contributed by atoms with Crippen molar-refractivity contribution in [1.29, 1.82) is 0 Å². The zero-order chi connectivity index (χ0) is 16.1. The maximum atomic E-state index is 12.8. The lowest BCUT2D eigenvalue weighted by Crippen LogP contribution is -2.40. The molecule has 3 rings (SSSR count). The van der Waals surface area contributed by atoms with Gasteiger partial charge in [0.05, 0.1) is 6.20 Å². The van der Waals surface area contributed by atoms with E-state index in [2.05, 4.69) is 10.2 Å². The molecule has 0 saturated carbocycles. The molecule has 1 aromatic heterocycles. The highest BCUT2D eigenvalue weighted by Crippen LogP contribution is 2.23. The largest absolute Gasteiger partial charge is 0.385 e. The van der Waals surface area contributed by atoms with Crippen molar-refractivity contribution in [2.24, 2.45) is 5.92 Å². The Hall–Kier alpha value is -2.14. The Kier molecular flexibility index (Phi) is 5.08. The van der Waals surface area contributed by atoms with Crippen LogP contribution in [0.4, 0.5) is 0 Å².